The lowest BCUT2D eigenvalue weighted by atomic mass is 9.66. The van der Waals surface area contributed by atoms with Crippen LogP contribution in [0.4, 0.5) is 0 Å². The van der Waals surface area contributed by atoms with Crippen LogP contribution in [0.1, 0.15) is 100 Å². The normalized spacial score (nSPS) is 17.5. The summed E-state index contributed by atoms with van der Waals surface area (Å²) in [6, 6.07) is -2.83. The lowest BCUT2D eigenvalue weighted by molar-refractivity contribution is -0.146. The summed E-state index contributed by atoms with van der Waals surface area (Å²) in [6.45, 7) is 15.5. The van der Waals surface area contributed by atoms with Gasteiger partial charge in [0.1, 0.15) is 12.1 Å². The number of rotatable bonds is 15. The van der Waals surface area contributed by atoms with Gasteiger partial charge in [0.2, 0.25) is 17.7 Å². The van der Waals surface area contributed by atoms with E-state index in [4.69, 9.17) is 4.74 Å². The van der Waals surface area contributed by atoms with Crippen molar-refractivity contribution in [1.82, 2.24) is 20.9 Å². The molecule has 0 aromatic carbocycles. The Labute approximate surface area is 271 Å². The average Bonchev–Trinajstić information content (AvgIpc) is 2.98. The van der Waals surface area contributed by atoms with Crippen LogP contribution in [-0.4, -0.2) is 87.0 Å². The summed E-state index contributed by atoms with van der Waals surface area (Å²) in [5.74, 6) is -1.86. The molecule has 1 fully saturated rings. The van der Waals surface area contributed by atoms with E-state index < -0.39 is 47.4 Å². The molecule has 0 aliphatic heterocycles. The minimum Gasteiger partial charge on any atom is -0.469 e. The number of carbonyl (C=O) groups is 5. The highest BCUT2D eigenvalue weighted by molar-refractivity contribution is 5.96. The molecule has 0 saturated heterocycles. The SMILES string of the molecule is CN[C@H](C(=O)NC(C(=O)N(C)[C@H](/C=C(\C)C(=O)N[C@H](CCC(=O)OC)C(=O)OC)C(C)C)C(C)(C)C)C(C)(C)C1CCCCC1. The smallest absolute Gasteiger partial charge is 0.328 e. The predicted molar refractivity (Wildman–Crippen MR) is 175 cm³/mol. The average molecular weight is 637 g/mol. The molecule has 11 nitrogen and oxygen atoms in total. The fourth-order valence-electron chi connectivity index (χ4n) is 6.26. The van der Waals surface area contributed by atoms with E-state index in [0.717, 1.165) is 12.8 Å². The molecular formula is C34H60N4O7. The number of nitrogens with zero attached hydrogens (tertiary/aromatic N) is 1. The molecule has 0 aromatic heterocycles. The van der Waals surface area contributed by atoms with Gasteiger partial charge in [0, 0.05) is 19.0 Å². The number of nitrogens with one attached hydrogen (secondary N) is 3. The van der Waals surface area contributed by atoms with Gasteiger partial charge >= 0.3 is 11.9 Å². The molecule has 0 heterocycles. The van der Waals surface area contributed by atoms with Gasteiger partial charge in [0.05, 0.1) is 26.3 Å². The van der Waals surface area contributed by atoms with Crippen LogP contribution in [0.25, 0.3) is 0 Å². The van der Waals surface area contributed by atoms with Crippen molar-refractivity contribution in [2.45, 2.75) is 125 Å². The van der Waals surface area contributed by atoms with Crippen molar-refractivity contribution < 1.29 is 33.4 Å². The summed E-state index contributed by atoms with van der Waals surface area (Å²) >= 11 is 0. The summed E-state index contributed by atoms with van der Waals surface area (Å²) in [5.41, 5.74) is -0.608. The minimum atomic E-state index is -1.04. The Kier molecular flexibility index (Phi) is 15.7. The van der Waals surface area contributed by atoms with Crippen molar-refractivity contribution in [1.29, 1.82) is 0 Å². The third kappa shape index (κ3) is 11.4. The molecule has 1 rings (SSSR count). The van der Waals surface area contributed by atoms with Gasteiger partial charge in [-0.2, -0.15) is 0 Å². The molecule has 0 radical (unpaired) electrons. The van der Waals surface area contributed by atoms with Crippen molar-refractivity contribution >= 4 is 29.7 Å². The second kappa shape index (κ2) is 17.7. The number of likely N-dealkylation sites (N-methyl/N-ethyl adjacent to an activating group) is 2. The molecule has 3 amide bonds. The Hall–Kier alpha value is -2.95. The summed E-state index contributed by atoms with van der Waals surface area (Å²) in [6.07, 6.45) is 7.37. The molecule has 0 aromatic rings. The van der Waals surface area contributed by atoms with Gasteiger partial charge in [0.25, 0.3) is 0 Å². The minimum absolute atomic E-state index is 0.0164. The second-order valence-corrected chi connectivity index (χ2v) is 14.4. The lowest BCUT2D eigenvalue weighted by Gasteiger charge is -2.43. The number of hydrogen-bond donors (Lipinski definition) is 3. The molecule has 1 unspecified atom stereocenters. The summed E-state index contributed by atoms with van der Waals surface area (Å²) < 4.78 is 9.44. The first kappa shape index (κ1) is 40.1. The zero-order valence-corrected chi connectivity index (χ0v) is 29.8. The Bertz CT molecular complexity index is 1060. The van der Waals surface area contributed by atoms with Gasteiger partial charge in [-0.1, -0.05) is 73.8 Å². The quantitative estimate of drug-likeness (QED) is 0.182. The van der Waals surface area contributed by atoms with Crippen molar-refractivity contribution in [3.8, 4) is 0 Å². The zero-order valence-electron chi connectivity index (χ0n) is 29.8. The largest absolute Gasteiger partial charge is 0.469 e. The fourth-order valence-corrected chi connectivity index (χ4v) is 6.26. The van der Waals surface area contributed by atoms with Crippen LogP contribution < -0.4 is 16.0 Å². The fraction of sp³-hybridized carbons (Fsp3) is 0.794. The standard InChI is InChI=1S/C34H60N4O7/c1-21(2)25(20-22(3)29(40)36-24(32(43)45-12)18-19-26(39)44-11)38(10)31(42)28(33(4,5)6)37-30(41)27(35-9)34(7,8)23-16-14-13-15-17-23/h20-21,23-25,27-28,35H,13-19H2,1-12H3,(H,36,40)(H,37,41)/b22-20+/t24-,25-,27-,28?/m1/s1. The number of carbonyl (C=O) groups excluding carboxylic acids is 5. The van der Waals surface area contributed by atoms with Crippen LogP contribution in [0.3, 0.4) is 0 Å². The predicted octanol–water partition coefficient (Wildman–Crippen LogP) is 3.75. The van der Waals surface area contributed by atoms with E-state index in [1.807, 2.05) is 34.6 Å². The van der Waals surface area contributed by atoms with E-state index in [0.29, 0.717) is 11.5 Å². The van der Waals surface area contributed by atoms with Crippen molar-refractivity contribution in [2.75, 3.05) is 28.3 Å². The first-order valence-electron chi connectivity index (χ1n) is 16.2. The van der Waals surface area contributed by atoms with E-state index in [1.54, 1.807) is 32.0 Å². The number of amides is 3. The Morgan fingerprint density at radius 2 is 1.49 bits per heavy atom. The highest BCUT2D eigenvalue weighted by atomic mass is 16.5. The third-order valence-corrected chi connectivity index (χ3v) is 9.26. The molecular weight excluding hydrogens is 576 g/mol. The van der Waals surface area contributed by atoms with Gasteiger partial charge in [0.15, 0.2) is 0 Å². The molecule has 45 heavy (non-hydrogen) atoms. The molecule has 3 N–H and O–H groups in total. The Morgan fingerprint density at radius 1 is 0.911 bits per heavy atom. The van der Waals surface area contributed by atoms with E-state index in [2.05, 4.69) is 34.5 Å². The van der Waals surface area contributed by atoms with Crippen LogP contribution in [-0.2, 0) is 33.4 Å². The first-order chi connectivity index (χ1) is 20.8. The number of methoxy groups -OCH3 is 2. The van der Waals surface area contributed by atoms with Gasteiger partial charge in [-0.15, -0.1) is 0 Å². The van der Waals surface area contributed by atoms with Gasteiger partial charge in [-0.3, -0.25) is 19.2 Å². The van der Waals surface area contributed by atoms with Crippen molar-refractivity contribution in [3.05, 3.63) is 11.6 Å². The van der Waals surface area contributed by atoms with Crippen molar-refractivity contribution in [3.63, 3.8) is 0 Å². The maximum atomic E-state index is 14.1. The van der Waals surface area contributed by atoms with Gasteiger partial charge in [-0.05, 0) is 55.9 Å². The monoisotopic (exact) mass is 636 g/mol. The number of esters is 2. The van der Waals surface area contributed by atoms with Crippen LogP contribution in [0.5, 0.6) is 0 Å². The summed E-state index contributed by atoms with van der Waals surface area (Å²) in [7, 11) is 5.92. The van der Waals surface area contributed by atoms with Crippen LogP contribution in [0, 0.1) is 22.7 Å². The van der Waals surface area contributed by atoms with Crippen LogP contribution >= 0.6 is 0 Å². The third-order valence-electron chi connectivity index (χ3n) is 9.26. The molecule has 0 bridgehead atoms. The molecule has 0 spiro atoms. The Morgan fingerprint density at radius 3 is 1.96 bits per heavy atom. The highest BCUT2D eigenvalue weighted by Crippen LogP contribution is 2.41. The Balaban J connectivity index is 3.23. The van der Waals surface area contributed by atoms with Gasteiger partial charge < -0.3 is 30.3 Å². The number of hydrogen-bond acceptors (Lipinski definition) is 8. The second-order valence-electron chi connectivity index (χ2n) is 14.4. The van der Waals surface area contributed by atoms with Crippen LogP contribution in [0.2, 0.25) is 0 Å². The topological polar surface area (TPSA) is 143 Å². The van der Waals surface area contributed by atoms with Gasteiger partial charge in [-0.25, -0.2) is 4.79 Å². The van der Waals surface area contributed by atoms with E-state index in [9.17, 15) is 24.0 Å². The van der Waals surface area contributed by atoms with E-state index >= 15 is 0 Å². The van der Waals surface area contributed by atoms with Crippen LogP contribution in [0.15, 0.2) is 11.6 Å². The molecule has 11 heteroatoms. The van der Waals surface area contributed by atoms with Crippen molar-refractivity contribution in [2.24, 2.45) is 22.7 Å². The molecule has 258 valence electrons. The first-order valence-corrected chi connectivity index (χ1v) is 16.2. The molecule has 1 saturated carbocycles. The zero-order chi connectivity index (χ0) is 34.7. The summed E-state index contributed by atoms with van der Waals surface area (Å²) in [5, 5.41) is 8.97. The highest BCUT2D eigenvalue weighted by Gasteiger charge is 2.44. The number of ether oxygens (including phenoxy) is 2. The maximum absolute atomic E-state index is 14.1. The molecule has 4 atom stereocenters. The molecule has 1 aliphatic rings. The maximum Gasteiger partial charge on any atom is 0.328 e. The lowest BCUT2D eigenvalue weighted by Crippen LogP contribution is -2.61. The molecule has 1 aliphatic carbocycles. The van der Waals surface area contributed by atoms with E-state index in [1.165, 1.54) is 33.5 Å². The summed E-state index contributed by atoms with van der Waals surface area (Å²) in [4.78, 5) is 66.6. The van der Waals surface area contributed by atoms with E-state index in [-0.39, 0.29) is 36.0 Å².